The zero-order valence-electron chi connectivity index (χ0n) is 12.3. The second kappa shape index (κ2) is 6.80. The molecule has 0 aliphatic rings. The lowest BCUT2D eigenvalue weighted by Crippen LogP contribution is -2.30. The molecule has 1 aromatic heterocycles. The molecule has 0 fully saturated rings. The Morgan fingerprint density at radius 3 is 2.55 bits per heavy atom. The number of carbonyl (C=O) groups excluding carboxylic acids is 2. The van der Waals surface area contributed by atoms with Crippen LogP contribution in [-0.4, -0.2) is 22.8 Å². The van der Waals surface area contributed by atoms with E-state index in [-0.39, 0.29) is 23.3 Å². The lowest BCUT2D eigenvalue weighted by atomic mass is 10.2. The van der Waals surface area contributed by atoms with Crippen LogP contribution in [0.4, 0.5) is 10.1 Å². The quantitative estimate of drug-likeness (QED) is 0.912. The van der Waals surface area contributed by atoms with E-state index in [1.165, 1.54) is 36.5 Å². The van der Waals surface area contributed by atoms with Crippen LogP contribution in [0.1, 0.15) is 34.7 Å². The fraction of sp³-hybridized carbons (Fsp3) is 0.188. The summed E-state index contributed by atoms with van der Waals surface area (Å²) >= 11 is 0. The van der Waals surface area contributed by atoms with Crippen molar-refractivity contribution in [1.82, 2.24) is 10.3 Å². The first kappa shape index (κ1) is 15.6. The maximum Gasteiger partial charge on any atom is 0.274 e. The Bertz CT molecular complexity index is 701. The topological polar surface area (TPSA) is 71.1 Å². The fourth-order valence-electron chi connectivity index (χ4n) is 1.79. The van der Waals surface area contributed by atoms with Crippen LogP contribution in [0.5, 0.6) is 0 Å². The van der Waals surface area contributed by atoms with E-state index in [1.54, 1.807) is 6.07 Å². The predicted octanol–water partition coefficient (Wildman–Crippen LogP) is 2.61. The second-order valence-corrected chi connectivity index (χ2v) is 4.99. The zero-order valence-corrected chi connectivity index (χ0v) is 12.3. The Labute approximate surface area is 127 Å². The van der Waals surface area contributed by atoms with Gasteiger partial charge in [0.2, 0.25) is 0 Å². The average molecular weight is 301 g/mol. The Hall–Kier alpha value is -2.76. The van der Waals surface area contributed by atoms with E-state index in [1.807, 2.05) is 13.8 Å². The van der Waals surface area contributed by atoms with Gasteiger partial charge in [-0.2, -0.15) is 0 Å². The highest BCUT2D eigenvalue weighted by atomic mass is 19.1. The van der Waals surface area contributed by atoms with Gasteiger partial charge in [0.15, 0.2) is 0 Å². The molecule has 0 atom stereocenters. The molecule has 1 aromatic carbocycles. The number of hydrogen-bond donors (Lipinski definition) is 2. The molecule has 0 saturated heterocycles. The molecule has 1 heterocycles. The van der Waals surface area contributed by atoms with E-state index in [9.17, 15) is 14.0 Å². The molecule has 0 unspecified atom stereocenters. The summed E-state index contributed by atoms with van der Waals surface area (Å²) in [5, 5.41) is 5.15. The molecule has 6 heteroatoms. The van der Waals surface area contributed by atoms with Gasteiger partial charge in [0.25, 0.3) is 11.8 Å². The first-order valence-corrected chi connectivity index (χ1v) is 6.80. The maximum atomic E-state index is 13.5. The second-order valence-electron chi connectivity index (χ2n) is 4.99. The van der Waals surface area contributed by atoms with Crippen molar-refractivity contribution in [2.45, 2.75) is 19.9 Å². The summed E-state index contributed by atoms with van der Waals surface area (Å²) in [4.78, 5) is 27.9. The summed E-state index contributed by atoms with van der Waals surface area (Å²) in [5.41, 5.74) is 0.424. The van der Waals surface area contributed by atoms with Crippen LogP contribution in [0, 0.1) is 5.82 Å². The van der Waals surface area contributed by atoms with E-state index in [0.29, 0.717) is 5.56 Å². The molecule has 114 valence electrons. The fourth-order valence-corrected chi connectivity index (χ4v) is 1.79. The summed E-state index contributed by atoms with van der Waals surface area (Å²) in [6.45, 7) is 3.68. The number of rotatable bonds is 4. The van der Waals surface area contributed by atoms with Crippen LogP contribution in [0.3, 0.4) is 0 Å². The van der Waals surface area contributed by atoms with Gasteiger partial charge < -0.3 is 10.6 Å². The largest absolute Gasteiger partial charge is 0.350 e. The molecular weight excluding hydrogens is 285 g/mol. The van der Waals surface area contributed by atoms with Crippen molar-refractivity contribution < 1.29 is 14.0 Å². The van der Waals surface area contributed by atoms with E-state index in [0.717, 1.165) is 0 Å². The summed E-state index contributed by atoms with van der Waals surface area (Å²) in [7, 11) is 0. The van der Waals surface area contributed by atoms with Crippen LogP contribution < -0.4 is 10.6 Å². The van der Waals surface area contributed by atoms with Crippen molar-refractivity contribution in [3.8, 4) is 0 Å². The summed E-state index contributed by atoms with van der Waals surface area (Å²) < 4.78 is 13.5. The van der Waals surface area contributed by atoms with Crippen molar-refractivity contribution in [1.29, 1.82) is 0 Å². The third kappa shape index (κ3) is 3.88. The number of carbonyl (C=O) groups is 2. The SMILES string of the molecule is CC(C)NC(=O)c1ccnc(C(=O)Nc2ccccc2F)c1. The van der Waals surface area contributed by atoms with E-state index in [2.05, 4.69) is 15.6 Å². The smallest absolute Gasteiger partial charge is 0.274 e. The Kier molecular flexibility index (Phi) is 4.83. The number of pyridine rings is 1. The van der Waals surface area contributed by atoms with Gasteiger partial charge in [0, 0.05) is 17.8 Å². The highest BCUT2D eigenvalue weighted by molar-refractivity contribution is 6.04. The minimum atomic E-state index is -0.579. The average Bonchev–Trinajstić information content (AvgIpc) is 2.49. The van der Waals surface area contributed by atoms with Crippen LogP contribution in [0.15, 0.2) is 42.6 Å². The number of nitrogens with one attached hydrogen (secondary N) is 2. The van der Waals surface area contributed by atoms with E-state index in [4.69, 9.17) is 0 Å². The van der Waals surface area contributed by atoms with Gasteiger partial charge in [-0.05, 0) is 38.1 Å². The molecule has 0 spiro atoms. The van der Waals surface area contributed by atoms with Crippen LogP contribution in [-0.2, 0) is 0 Å². The number of benzene rings is 1. The zero-order chi connectivity index (χ0) is 16.1. The molecule has 2 amide bonds. The van der Waals surface area contributed by atoms with Crippen LogP contribution in [0.25, 0.3) is 0 Å². The Morgan fingerprint density at radius 1 is 1.14 bits per heavy atom. The molecular formula is C16H16FN3O2. The lowest BCUT2D eigenvalue weighted by molar-refractivity contribution is 0.0943. The first-order valence-electron chi connectivity index (χ1n) is 6.80. The maximum absolute atomic E-state index is 13.5. The van der Waals surface area contributed by atoms with E-state index < -0.39 is 11.7 Å². The lowest BCUT2D eigenvalue weighted by Gasteiger charge is -2.09. The van der Waals surface area contributed by atoms with Crippen LogP contribution >= 0.6 is 0 Å². The first-order chi connectivity index (χ1) is 10.5. The molecule has 0 radical (unpaired) electrons. The molecule has 2 rings (SSSR count). The molecule has 0 aliphatic heterocycles. The Morgan fingerprint density at radius 2 is 1.86 bits per heavy atom. The molecule has 0 aliphatic carbocycles. The van der Waals surface area contributed by atoms with Crippen molar-refractivity contribution in [3.63, 3.8) is 0 Å². The van der Waals surface area contributed by atoms with Gasteiger partial charge in [-0.1, -0.05) is 12.1 Å². The van der Waals surface area contributed by atoms with Crippen molar-refractivity contribution >= 4 is 17.5 Å². The normalized spacial score (nSPS) is 10.4. The molecule has 22 heavy (non-hydrogen) atoms. The number of halogens is 1. The number of para-hydroxylation sites is 1. The minimum absolute atomic E-state index is 0.0173. The van der Waals surface area contributed by atoms with Crippen molar-refractivity contribution in [2.24, 2.45) is 0 Å². The van der Waals surface area contributed by atoms with Gasteiger partial charge in [-0.15, -0.1) is 0 Å². The van der Waals surface area contributed by atoms with Gasteiger partial charge >= 0.3 is 0 Å². The van der Waals surface area contributed by atoms with Crippen molar-refractivity contribution in [3.05, 3.63) is 59.7 Å². The summed E-state index contributed by atoms with van der Waals surface area (Å²) in [6.07, 6.45) is 1.37. The predicted molar refractivity (Wildman–Crippen MR) is 81.2 cm³/mol. The molecule has 0 bridgehead atoms. The molecule has 2 aromatic rings. The highest BCUT2D eigenvalue weighted by Crippen LogP contribution is 2.13. The number of hydrogen-bond acceptors (Lipinski definition) is 3. The number of aromatic nitrogens is 1. The van der Waals surface area contributed by atoms with Crippen molar-refractivity contribution in [2.75, 3.05) is 5.32 Å². The summed E-state index contributed by atoms with van der Waals surface area (Å²) in [6, 6.07) is 8.69. The Balaban J connectivity index is 2.17. The monoisotopic (exact) mass is 301 g/mol. The summed E-state index contributed by atoms with van der Waals surface area (Å²) in [5.74, 6) is -1.41. The number of anilines is 1. The standard InChI is InChI=1S/C16H16FN3O2/c1-10(2)19-15(21)11-7-8-18-14(9-11)16(22)20-13-6-4-3-5-12(13)17/h3-10H,1-2H3,(H,19,21)(H,20,22). The third-order valence-corrected chi connectivity index (χ3v) is 2.80. The molecule has 2 N–H and O–H groups in total. The van der Waals surface area contributed by atoms with Gasteiger partial charge in [0.05, 0.1) is 5.69 Å². The number of amides is 2. The third-order valence-electron chi connectivity index (χ3n) is 2.80. The van der Waals surface area contributed by atoms with E-state index >= 15 is 0 Å². The van der Waals surface area contributed by atoms with Crippen LogP contribution in [0.2, 0.25) is 0 Å². The van der Waals surface area contributed by atoms with Gasteiger partial charge in [0.1, 0.15) is 11.5 Å². The molecule has 5 nitrogen and oxygen atoms in total. The highest BCUT2D eigenvalue weighted by Gasteiger charge is 2.13. The molecule has 0 saturated carbocycles. The minimum Gasteiger partial charge on any atom is -0.350 e. The number of nitrogens with zero attached hydrogens (tertiary/aromatic N) is 1. The van der Waals surface area contributed by atoms with Gasteiger partial charge in [-0.3, -0.25) is 14.6 Å². The van der Waals surface area contributed by atoms with Gasteiger partial charge in [-0.25, -0.2) is 4.39 Å².